The van der Waals surface area contributed by atoms with Crippen LogP contribution in [0.15, 0.2) is 4.99 Å². The fraction of sp³-hybridized carbons (Fsp3) is 0.941. The van der Waals surface area contributed by atoms with E-state index in [0.29, 0.717) is 30.3 Å². The molecule has 0 spiro atoms. The van der Waals surface area contributed by atoms with Crippen LogP contribution in [0.2, 0.25) is 0 Å². The van der Waals surface area contributed by atoms with Gasteiger partial charge in [-0.05, 0) is 38.0 Å². The molecule has 3 rings (SSSR count). The zero-order valence-electron chi connectivity index (χ0n) is 14.4. The van der Waals surface area contributed by atoms with Crippen LogP contribution in [0.4, 0.5) is 0 Å². The molecule has 0 aromatic heterocycles. The van der Waals surface area contributed by atoms with Gasteiger partial charge < -0.3 is 20.1 Å². The molecule has 134 valence electrons. The van der Waals surface area contributed by atoms with Gasteiger partial charge in [0.2, 0.25) is 0 Å². The van der Waals surface area contributed by atoms with Crippen LogP contribution in [0.25, 0.3) is 0 Å². The Kier molecular flexibility index (Phi) is 7.88. The van der Waals surface area contributed by atoms with Crippen molar-refractivity contribution in [3.05, 3.63) is 0 Å². The molecule has 3 aliphatic rings. The molecule has 2 aliphatic heterocycles. The van der Waals surface area contributed by atoms with Crippen LogP contribution in [0.1, 0.15) is 51.9 Å². The predicted molar refractivity (Wildman–Crippen MR) is 104 cm³/mol. The smallest absolute Gasteiger partial charge is 0.191 e. The molecule has 5 unspecified atom stereocenters. The van der Waals surface area contributed by atoms with Crippen LogP contribution in [-0.2, 0) is 9.47 Å². The van der Waals surface area contributed by atoms with Gasteiger partial charge in [0, 0.05) is 13.6 Å². The minimum atomic E-state index is 0. The minimum absolute atomic E-state index is 0. The first kappa shape index (κ1) is 19.2. The topological polar surface area (TPSA) is 54.9 Å². The summed E-state index contributed by atoms with van der Waals surface area (Å²) >= 11 is 0. The maximum Gasteiger partial charge on any atom is 0.191 e. The van der Waals surface area contributed by atoms with Crippen LogP contribution in [0.3, 0.4) is 0 Å². The van der Waals surface area contributed by atoms with Gasteiger partial charge in [0.1, 0.15) is 0 Å². The van der Waals surface area contributed by atoms with Crippen molar-refractivity contribution in [3.8, 4) is 0 Å². The van der Waals surface area contributed by atoms with Crippen molar-refractivity contribution in [3.63, 3.8) is 0 Å². The molecule has 6 heteroatoms. The number of aliphatic imine (C=N–C) groups is 1. The standard InChI is InChI=1S/C17H31N3O2.HI/c1-12-5-3-4-6-15(12)21-10-9-19-17(18-2)20-14-11-13-7-8-16(14)22-13;/h12-16H,3-11H2,1-2H3,(H2,18,19,20);1H. The van der Waals surface area contributed by atoms with Crippen molar-refractivity contribution in [2.75, 3.05) is 20.2 Å². The molecule has 0 amide bonds. The maximum absolute atomic E-state index is 6.04. The monoisotopic (exact) mass is 437 g/mol. The number of hydrogen-bond acceptors (Lipinski definition) is 3. The van der Waals surface area contributed by atoms with Crippen molar-refractivity contribution in [1.29, 1.82) is 0 Å². The molecule has 0 aromatic carbocycles. The molecule has 0 aromatic rings. The third-order valence-electron chi connectivity index (χ3n) is 5.41. The van der Waals surface area contributed by atoms with E-state index in [-0.39, 0.29) is 24.0 Å². The zero-order valence-corrected chi connectivity index (χ0v) is 16.8. The number of rotatable bonds is 5. The average Bonchev–Trinajstić information content (AvgIpc) is 3.14. The summed E-state index contributed by atoms with van der Waals surface area (Å²) < 4.78 is 11.9. The van der Waals surface area contributed by atoms with Gasteiger partial charge in [-0.2, -0.15) is 0 Å². The molecule has 5 atom stereocenters. The number of ether oxygens (including phenoxy) is 2. The van der Waals surface area contributed by atoms with Gasteiger partial charge in [0.25, 0.3) is 0 Å². The van der Waals surface area contributed by atoms with Gasteiger partial charge in [-0.1, -0.05) is 19.8 Å². The molecule has 1 saturated carbocycles. The van der Waals surface area contributed by atoms with E-state index in [0.717, 1.165) is 25.5 Å². The van der Waals surface area contributed by atoms with E-state index < -0.39 is 0 Å². The first-order chi connectivity index (χ1) is 10.8. The Morgan fingerprint density at radius 1 is 1.22 bits per heavy atom. The normalized spacial score (nSPS) is 36.6. The second-order valence-electron chi connectivity index (χ2n) is 7.03. The van der Waals surface area contributed by atoms with Crippen LogP contribution in [0.5, 0.6) is 0 Å². The average molecular weight is 437 g/mol. The van der Waals surface area contributed by atoms with Crippen LogP contribution < -0.4 is 10.6 Å². The van der Waals surface area contributed by atoms with E-state index in [1.165, 1.54) is 38.5 Å². The largest absolute Gasteiger partial charge is 0.376 e. The highest BCUT2D eigenvalue weighted by Crippen LogP contribution is 2.34. The van der Waals surface area contributed by atoms with Crippen LogP contribution in [0, 0.1) is 5.92 Å². The minimum Gasteiger partial charge on any atom is -0.376 e. The Morgan fingerprint density at radius 3 is 2.70 bits per heavy atom. The highest BCUT2D eigenvalue weighted by Gasteiger charge is 2.41. The van der Waals surface area contributed by atoms with E-state index in [9.17, 15) is 0 Å². The second kappa shape index (κ2) is 9.42. The van der Waals surface area contributed by atoms with Gasteiger partial charge in [-0.15, -0.1) is 24.0 Å². The molecule has 3 fully saturated rings. The van der Waals surface area contributed by atoms with E-state index >= 15 is 0 Å². The molecule has 2 bridgehead atoms. The number of guanidine groups is 1. The first-order valence-corrected chi connectivity index (χ1v) is 9.00. The Morgan fingerprint density at radius 2 is 2.04 bits per heavy atom. The summed E-state index contributed by atoms with van der Waals surface area (Å²) in [5, 5.41) is 6.87. The Bertz CT molecular complexity index is 394. The number of nitrogens with zero attached hydrogens (tertiary/aromatic N) is 1. The van der Waals surface area contributed by atoms with Crippen molar-refractivity contribution >= 4 is 29.9 Å². The van der Waals surface area contributed by atoms with Crippen molar-refractivity contribution in [2.24, 2.45) is 10.9 Å². The van der Waals surface area contributed by atoms with Crippen LogP contribution in [-0.4, -0.2) is 50.5 Å². The second-order valence-corrected chi connectivity index (χ2v) is 7.03. The molecule has 2 saturated heterocycles. The van der Waals surface area contributed by atoms with E-state index in [2.05, 4.69) is 22.5 Å². The molecule has 2 N–H and O–H groups in total. The summed E-state index contributed by atoms with van der Waals surface area (Å²) in [5.74, 6) is 1.58. The fourth-order valence-electron chi connectivity index (χ4n) is 4.07. The van der Waals surface area contributed by atoms with Gasteiger partial charge in [0.05, 0.1) is 31.0 Å². The summed E-state index contributed by atoms with van der Waals surface area (Å²) in [4.78, 5) is 4.32. The van der Waals surface area contributed by atoms with Crippen molar-refractivity contribution in [2.45, 2.75) is 76.2 Å². The highest BCUT2D eigenvalue weighted by atomic mass is 127. The summed E-state index contributed by atoms with van der Waals surface area (Å²) in [6, 6.07) is 0.421. The van der Waals surface area contributed by atoms with Gasteiger partial charge >= 0.3 is 0 Å². The number of fused-ring (bicyclic) bond motifs is 2. The lowest BCUT2D eigenvalue weighted by Crippen LogP contribution is -2.48. The Hall–Kier alpha value is -0.0800. The Balaban J connectivity index is 0.00000192. The summed E-state index contributed by atoms with van der Waals surface area (Å²) in [5.41, 5.74) is 0. The number of halogens is 1. The summed E-state index contributed by atoms with van der Waals surface area (Å²) in [6.45, 7) is 3.88. The highest BCUT2D eigenvalue weighted by molar-refractivity contribution is 14.0. The molecule has 23 heavy (non-hydrogen) atoms. The van der Waals surface area contributed by atoms with E-state index in [1.807, 2.05) is 7.05 Å². The zero-order chi connectivity index (χ0) is 15.4. The third kappa shape index (κ3) is 5.19. The first-order valence-electron chi connectivity index (χ1n) is 9.00. The number of hydrogen-bond donors (Lipinski definition) is 2. The molecule has 0 radical (unpaired) electrons. The van der Waals surface area contributed by atoms with Gasteiger partial charge in [-0.3, -0.25) is 4.99 Å². The van der Waals surface area contributed by atoms with Gasteiger partial charge in [0.15, 0.2) is 5.96 Å². The maximum atomic E-state index is 6.04. The lowest BCUT2D eigenvalue weighted by Gasteiger charge is -2.29. The lowest BCUT2D eigenvalue weighted by molar-refractivity contribution is -0.00205. The van der Waals surface area contributed by atoms with Crippen molar-refractivity contribution in [1.82, 2.24) is 10.6 Å². The van der Waals surface area contributed by atoms with Crippen molar-refractivity contribution < 1.29 is 9.47 Å². The van der Waals surface area contributed by atoms with E-state index in [1.54, 1.807) is 0 Å². The summed E-state index contributed by atoms with van der Waals surface area (Å²) in [7, 11) is 1.83. The fourth-order valence-corrected chi connectivity index (χ4v) is 4.07. The Labute approximate surface area is 157 Å². The third-order valence-corrected chi connectivity index (χ3v) is 5.41. The summed E-state index contributed by atoms with van der Waals surface area (Å²) in [6.07, 6.45) is 10.0. The lowest BCUT2D eigenvalue weighted by atomic mass is 9.88. The molecular formula is C17H32IN3O2. The molecule has 1 aliphatic carbocycles. The predicted octanol–water partition coefficient (Wildman–Crippen LogP) is 2.68. The SMILES string of the molecule is CN=C(NCCOC1CCCCC1C)NC1CC2CCC1O2.I. The molecular weight excluding hydrogens is 405 g/mol. The van der Waals surface area contributed by atoms with Crippen LogP contribution >= 0.6 is 24.0 Å². The molecule has 5 nitrogen and oxygen atoms in total. The van der Waals surface area contributed by atoms with E-state index in [4.69, 9.17) is 9.47 Å². The van der Waals surface area contributed by atoms with Gasteiger partial charge in [-0.25, -0.2) is 0 Å². The molecule has 2 heterocycles. The number of nitrogens with one attached hydrogen (secondary N) is 2. The quantitative estimate of drug-likeness (QED) is 0.301.